The van der Waals surface area contributed by atoms with Crippen LogP contribution in [0.15, 0.2) is 36.7 Å². The Morgan fingerprint density at radius 3 is 2.94 bits per heavy atom. The maximum Gasteiger partial charge on any atom is 0.0992 e. The largest absolute Gasteiger partial charge is 0.380 e. The molecule has 0 aliphatic heterocycles. The number of aromatic nitrogens is 1. The van der Waals surface area contributed by atoms with Gasteiger partial charge in [-0.3, -0.25) is 0 Å². The summed E-state index contributed by atoms with van der Waals surface area (Å²) in [6, 6.07) is 9.23. The molecule has 0 saturated carbocycles. The maximum absolute atomic E-state index is 8.78. The van der Waals surface area contributed by atoms with Crippen LogP contribution >= 0.6 is 11.6 Å². The van der Waals surface area contributed by atoms with E-state index in [0.29, 0.717) is 17.1 Å². The summed E-state index contributed by atoms with van der Waals surface area (Å²) in [5, 5.41) is 12.6. The van der Waals surface area contributed by atoms with Crippen LogP contribution in [0.25, 0.3) is 0 Å². The summed E-state index contributed by atoms with van der Waals surface area (Å²) in [5.41, 5.74) is 2.52. The first kappa shape index (κ1) is 10.6. The lowest BCUT2D eigenvalue weighted by molar-refractivity contribution is 1.15. The molecule has 0 amide bonds. The molecule has 0 aliphatic carbocycles. The van der Waals surface area contributed by atoms with Crippen molar-refractivity contribution in [2.45, 2.75) is 6.54 Å². The highest BCUT2D eigenvalue weighted by Crippen LogP contribution is 2.23. The van der Waals surface area contributed by atoms with Crippen LogP contribution in [0, 0.1) is 11.3 Å². The third kappa shape index (κ3) is 2.36. The fourth-order valence-corrected chi connectivity index (χ4v) is 1.58. The molecule has 2 aromatic rings. The molecule has 2 rings (SSSR count). The van der Waals surface area contributed by atoms with Gasteiger partial charge in [0.25, 0.3) is 0 Å². The van der Waals surface area contributed by atoms with Crippen LogP contribution in [0.2, 0.25) is 5.02 Å². The number of anilines is 1. The third-order valence-electron chi connectivity index (χ3n) is 2.24. The molecule has 4 heteroatoms. The smallest absolute Gasteiger partial charge is 0.0992 e. The zero-order chi connectivity index (χ0) is 11.4. The Labute approximate surface area is 98.7 Å². The van der Waals surface area contributed by atoms with Crippen LogP contribution < -0.4 is 5.32 Å². The molecule has 1 aromatic carbocycles. The molecule has 1 heterocycles. The topological polar surface area (TPSA) is 51.6 Å². The predicted octanol–water partition coefficient (Wildman–Crippen LogP) is 3.15. The van der Waals surface area contributed by atoms with Gasteiger partial charge in [0.15, 0.2) is 0 Å². The Morgan fingerprint density at radius 1 is 1.38 bits per heavy atom. The third-order valence-corrected chi connectivity index (χ3v) is 2.57. The second kappa shape index (κ2) is 4.73. The number of hydrogen-bond donors (Lipinski definition) is 2. The van der Waals surface area contributed by atoms with E-state index in [-0.39, 0.29) is 0 Å². The molecule has 0 aliphatic rings. The van der Waals surface area contributed by atoms with Crippen molar-refractivity contribution in [1.29, 1.82) is 5.26 Å². The Balaban J connectivity index is 2.12. The Hall–Kier alpha value is -1.92. The van der Waals surface area contributed by atoms with Gasteiger partial charge in [0.05, 0.1) is 22.3 Å². The fraction of sp³-hybridized carbons (Fsp3) is 0.0833. The molecule has 0 radical (unpaired) electrons. The first-order valence-electron chi connectivity index (χ1n) is 4.85. The number of nitrogens with zero attached hydrogens (tertiary/aromatic N) is 1. The molecule has 0 spiro atoms. The normalized spacial score (nSPS) is 9.75. The summed E-state index contributed by atoms with van der Waals surface area (Å²) < 4.78 is 0. The van der Waals surface area contributed by atoms with Crippen molar-refractivity contribution in [2.75, 3.05) is 5.32 Å². The van der Waals surface area contributed by atoms with Gasteiger partial charge in [0, 0.05) is 18.9 Å². The van der Waals surface area contributed by atoms with Crippen molar-refractivity contribution in [3.05, 3.63) is 52.8 Å². The average molecular weight is 232 g/mol. The number of hydrogen-bond acceptors (Lipinski definition) is 2. The zero-order valence-electron chi connectivity index (χ0n) is 8.50. The molecule has 16 heavy (non-hydrogen) atoms. The molecular weight excluding hydrogens is 222 g/mol. The SMILES string of the molecule is N#Cc1ccc(Cl)c(NCc2cc[nH]c2)c1. The number of rotatable bonds is 3. The second-order valence-corrected chi connectivity index (χ2v) is 3.79. The number of benzene rings is 1. The standard InChI is InChI=1S/C12H10ClN3/c13-11-2-1-9(6-14)5-12(11)16-8-10-3-4-15-7-10/h1-5,7,15-16H,8H2. The van der Waals surface area contributed by atoms with Crippen molar-refractivity contribution >= 4 is 17.3 Å². The van der Waals surface area contributed by atoms with Crippen LogP contribution in [-0.2, 0) is 6.54 Å². The first-order chi connectivity index (χ1) is 7.79. The molecule has 2 N–H and O–H groups in total. The highest BCUT2D eigenvalue weighted by molar-refractivity contribution is 6.33. The van der Waals surface area contributed by atoms with E-state index in [1.807, 2.05) is 18.5 Å². The Kier molecular flexibility index (Phi) is 3.13. The first-order valence-corrected chi connectivity index (χ1v) is 5.22. The minimum absolute atomic E-state index is 0.598. The molecule has 0 saturated heterocycles. The molecule has 80 valence electrons. The fourth-order valence-electron chi connectivity index (χ4n) is 1.40. The van der Waals surface area contributed by atoms with Gasteiger partial charge in [-0.25, -0.2) is 0 Å². The summed E-state index contributed by atoms with van der Waals surface area (Å²) in [6.07, 6.45) is 3.78. The summed E-state index contributed by atoms with van der Waals surface area (Å²) in [6.45, 7) is 0.679. The Morgan fingerprint density at radius 2 is 2.25 bits per heavy atom. The predicted molar refractivity (Wildman–Crippen MR) is 64.3 cm³/mol. The van der Waals surface area contributed by atoms with Gasteiger partial charge in [0.1, 0.15) is 0 Å². The van der Waals surface area contributed by atoms with Crippen LogP contribution in [-0.4, -0.2) is 4.98 Å². The lowest BCUT2D eigenvalue weighted by atomic mass is 10.2. The summed E-state index contributed by atoms with van der Waals surface area (Å²) in [5.74, 6) is 0. The molecular formula is C12H10ClN3. The number of halogens is 1. The van der Waals surface area contributed by atoms with Crippen molar-refractivity contribution in [3.63, 3.8) is 0 Å². The summed E-state index contributed by atoms with van der Waals surface area (Å²) >= 11 is 6.01. The van der Waals surface area contributed by atoms with Gasteiger partial charge < -0.3 is 10.3 Å². The van der Waals surface area contributed by atoms with Crippen molar-refractivity contribution in [1.82, 2.24) is 4.98 Å². The van der Waals surface area contributed by atoms with E-state index in [9.17, 15) is 0 Å². The van der Waals surface area contributed by atoms with Gasteiger partial charge in [-0.2, -0.15) is 5.26 Å². The van der Waals surface area contributed by atoms with E-state index in [1.165, 1.54) is 0 Å². The monoisotopic (exact) mass is 231 g/mol. The van der Waals surface area contributed by atoms with Crippen LogP contribution in [0.5, 0.6) is 0 Å². The minimum atomic E-state index is 0.598. The van der Waals surface area contributed by atoms with Gasteiger partial charge in [-0.05, 0) is 29.8 Å². The summed E-state index contributed by atoms with van der Waals surface area (Å²) in [4.78, 5) is 2.98. The number of H-pyrrole nitrogens is 1. The van der Waals surface area contributed by atoms with E-state index in [0.717, 1.165) is 11.3 Å². The molecule has 0 atom stereocenters. The quantitative estimate of drug-likeness (QED) is 0.853. The lowest BCUT2D eigenvalue weighted by Gasteiger charge is -2.07. The number of nitrogens with one attached hydrogen (secondary N) is 2. The van der Waals surface area contributed by atoms with E-state index in [2.05, 4.69) is 16.4 Å². The van der Waals surface area contributed by atoms with E-state index in [4.69, 9.17) is 16.9 Å². The van der Waals surface area contributed by atoms with Crippen molar-refractivity contribution in [2.24, 2.45) is 0 Å². The zero-order valence-corrected chi connectivity index (χ0v) is 9.25. The van der Waals surface area contributed by atoms with Crippen LogP contribution in [0.4, 0.5) is 5.69 Å². The second-order valence-electron chi connectivity index (χ2n) is 3.38. The maximum atomic E-state index is 8.78. The van der Waals surface area contributed by atoms with E-state index in [1.54, 1.807) is 18.2 Å². The lowest BCUT2D eigenvalue weighted by Crippen LogP contribution is -1.99. The van der Waals surface area contributed by atoms with Crippen LogP contribution in [0.1, 0.15) is 11.1 Å². The van der Waals surface area contributed by atoms with Crippen LogP contribution in [0.3, 0.4) is 0 Å². The van der Waals surface area contributed by atoms with E-state index < -0.39 is 0 Å². The molecule has 0 bridgehead atoms. The molecule has 0 fully saturated rings. The van der Waals surface area contributed by atoms with Gasteiger partial charge in [-0.1, -0.05) is 11.6 Å². The number of nitriles is 1. The van der Waals surface area contributed by atoms with E-state index >= 15 is 0 Å². The van der Waals surface area contributed by atoms with Gasteiger partial charge in [-0.15, -0.1) is 0 Å². The van der Waals surface area contributed by atoms with Crippen molar-refractivity contribution in [3.8, 4) is 6.07 Å². The highest BCUT2D eigenvalue weighted by atomic mass is 35.5. The molecule has 3 nitrogen and oxygen atoms in total. The molecule has 0 unspecified atom stereocenters. The van der Waals surface area contributed by atoms with Crippen molar-refractivity contribution < 1.29 is 0 Å². The summed E-state index contributed by atoms with van der Waals surface area (Å²) in [7, 11) is 0. The average Bonchev–Trinajstić information content (AvgIpc) is 2.81. The Bertz CT molecular complexity index is 512. The molecule has 1 aromatic heterocycles. The highest BCUT2D eigenvalue weighted by Gasteiger charge is 2.01. The van der Waals surface area contributed by atoms with Gasteiger partial charge in [0.2, 0.25) is 0 Å². The van der Waals surface area contributed by atoms with Gasteiger partial charge >= 0.3 is 0 Å². The number of aromatic amines is 1. The minimum Gasteiger partial charge on any atom is -0.380 e.